The molecule has 5 rings (SSSR count). The van der Waals surface area contributed by atoms with Crippen molar-refractivity contribution in [2.75, 3.05) is 33.3 Å². The topological polar surface area (TPSA) is 59.3 Å². The van der Waals surface area contributed by atoms with Gasteiger partial charge in [0.15, 0.2) is 5.82 Å². The molecule has 1 fully saturated rings. The van der Waals surface area contributed by atoms with E-state index in [0.29, 0.717) is 6.54 Å². The van der Waals surface area contributed by atoms with Crippen LogP contribution in [0.3, 0.4) is 0 Å². The fraction of sp³-hybridized carbons (Fsp3) is 0.321. The van der Waals surface area contributed by atoms with Crippen molar-refractivity contribution in [2.24, 2.45) is 0 Å². The summed E-state index contributed by atoms with van der Waals surface area (Å²) < 4.78 is 20.8. The van der Waals surface area contributed by atoms with Gasteiger partial charge in [-0.2, -0.15) is 0 Å². The molecule has 1 saturated heterocycles. The molecule has 0 unspecified atom stereocenters. The molecule has 1 aliphatic rings. The van der Waals surface area contributed by atoms with Crippen molar-refractivity contribution < 1.29 is 9.13 Å². The first-order chi connectivity index (χ1) is 17.6. The van der Waals surface area contributed by atoms with Crippen LogP contribution < -0.4 is 4.74 Å². The lowest BCUT2D eigenvalue weighted by Gasteiger charge is -2.39. The summed E-state index contributed by atoms with van der Waals surface area (Å²) in [7, 11) is 1.72. The summed E-state index contributed by atoms with van der Waals surface area (Å²) in [6.07, 6.45) is 0. The van der Waals surface area contributed by atoms with Gasteiger partial charge in [-0.05, 0) is 46.7 Å². The van der Waals surface area contributed by atoms with Crippen molar-refractivity contribution in [3.63, 3.8) is 0 Å². The molecular weight excluding hydrogens is 455 g/mol. The Morgan fingerprint density at radius 1 is 0.889 bits per heavy atom. The predicted molar refractivity (Wildman–Crippen MR) is 136 cm³/mol. The number of nitrogens with zero attached hydrogens (tertiary/aromatic N) is 6. The SMILES string of the molecule is COc1ccccc1CN1CCN([C@@H](c2ccc(C)cc2)c2nnnn2Cc2ccc(F)cc2)CC1. The molecule has 0 bridgehead atoms. The average Bonchev–Trinajstić information content (AvgIpc) is 3.35. The lowest BCUT2D eigenvalue weighted by Crippen LogP contribution is -2.48. The van der Waals surface area contributed by atoms with Crippen LogP contribution in [0.4, 0.5) is 4.39 Å². The molecule has 186 valence electrons. The summed E-state index contributed by atoms with van der Waals surface area (Å²) >= 11 is 0. The van der Waals surface area contributed by atoms with Gasteiger partial charge in [-0.25, -0.2) is 9.07 Å². The van der Waals surface area contributed by atoms with E-state index in [1.807, 2.05) is 16.8 Å². The molecule has 4 aromatic rings. The van der Waals surface area contributed by atoms with Crippen molar-refractivity contribution in [3.8, 4) is 5.75 Å². The molecule has 0 N–H and O–H groups in total. The van der Waals surface area contributed by atoms with Crippen LogP contribution in [0.25, 0.3) is 0 Å². The number of hydrogen-bond donors (Lipinski definition) is 0. The first kappa shape index (κ1) is 24.1. The highest BCUT2D eigenvalue weighted by atomic mass is 19.1. The third kappa shape index (κ3) is 5.45. The number of para-hydroxylation sites is 1. The van der Waals surface area contributed by atoms with Crippen LogP contribution in [0, 0.1) is 12.7 Å². The fourth-order valence-corrected chi connectivity index (χ4v) is 4.81. The van der Waals surface area contributed by atoms with Crippen LogP contribution in [0.1, 0.15) is 34.1 Å². The van der Waals surface area contributed by atoms with E-state index in [0.717, 1.165) is 55.4 Å². The van der Waals surface area contributed by atoms with E-state index >= 15 is 0 Å². The number of halogens is 1. The maximum Gasteiger partial charge on any atom is 0.173 e. The Kier molecular flexibility index (Phi) is 7.34. The molecule has 7 nitrogen and oxygen atoms in total. The maximum atomic E-state index is 13.4. The molecule has 36 heavy (non-hydrogen) atoms. The normalized spacial score (nSPS) is 15.6. The van der Waals surface area contributed by atoms with Crippen LogP contribution in [0.5, 0.6) is 5.75 Å². The first-order valence-electron chi connectivity index (χ1n) is 12.3. The van der Waals surface area contributed by atoms with Gasteiger partial charge < -0.3 is 4.74 Å². The van der Waals surface area contributed by atoms with Crippen LogP contribution in [0.15, 0.2) is 72.8 Å². The zero-order chi connectivity index (χ0) is 24.9. The molecular formula is C28H31FN6O. The van der Waals surface area contributed by atoms with Crippen molar-refractivity contribution in [2.45, 2.75) is 26.1 Å². The summed E-state index contributed by atoms with van der Waals surface area (Å²) in [5.74, 6) is 1.47. The summed E-state index contributed by atoms with van der Waals surface area (Å²) in [4.78, 5) is 4.91. The first-order valence-corrected chi connectivity index (χ1v) is 12.3. The summed E-state index contributed by atoms with van der Waals surface area (Å²) in [5.41, 5.74) is 4.53. The highest BCUT2D eigenvalue weighted by molar-refractivity contribution is 5.33. The monoisotopic (exact) mass is 486 g/mol. The van der Waals surface area contributed by atoms with Crippen molar-refractivity contribution in [3.05, 3.63) is 107 Å². The van der Waals surface area contributed by atoms with Crippen molar-refractivity contribution >= 4 is 0 Å². The second-order valence-corrected chi connectivity index (χ2v) is 9.26. The standard InChI is InChI=1S/C28H31FN6O/c1-21-7-11-23(12-8-21)27(28-30-31-32-35(28)19-22-9-13-25(29)14-10-22)34-17-15-33(16-18-34)20-24-5-3-4-6-26(24)36-2/h3-14,27H,15-20H2,1-2H3/t27-/m0/s1. The second-order valence-electron chi connectivity index (χ2n) is 9.26. The fourth-order valence-electron chi connectivity index (χ4n) is 4.81. The van der Waals surface area contributed by atoms with E-state index in [1.165, 1.54) is 23.3 Å². The number of hydrogen-bond acceptors (Lipinski definition) is 6. The van der Waals surface area contributed by atoms with Crippen molar-refractivity contribution in [1.29, 1.82) is 0 Å². The van der Waals surface area contributed by atoms with Gasteiger partial charge in [0.2, 0.25) is 0 Å². The minimum absolute atomic E-state index is 0.0746. The van der Waals surface area contributed by atoms with Crippen LogP contribution >= 0.6 is 0 Å². The zero-order valence-electron chi connectivity index (χ0n) is 20.7. The summed E-state index contributed by atoms with van der Waals surface area (Å²) in [6.45, 7) is 7.07. The predicted octanol–water partition coefficient (Wildman–Crippen LogP) is 4.08. The Balaban J connectivity index is 1.37. The Labute approximate surface area is 211 Å². The molecule has 1 aliphatic heterocycles. The lowest BCUT2D eigenvalue weighted by molar-refractivity contribution is 0.0997. The van der Waals surface area contributed by atoms with Crippen LogP contribution in [-0.4, -0.2) is 63.3 Å². The van der Waals surface area contributed by atoms with Gasteiger partial charge in [-0.15, -0.1) is 5.10 Å². The molecule has 0 aliphatic carbocycles. The summed E-state index contributed by atoms with van der Waals surface area (Å²) in [6, 6.07) is 23.2. The Hall–Kier alpha value is -3.62. The van der Waals surface area contributed by atoms with Gasteiger partial charge in [0.25, 0.3) is 0 Å². The molecule has 0 spiro atoms. The third-order valence-electron chi connectivity index (χ3n) is 6.80. The smallest absolute Gasteiger partial charge is 0.173 e. The van der Waals surface area contributed by atoms with E-state index in [1.54, 1.807) is 19.2 Å². The molecule has 8 heteroatoms. The lowest BCUT2D eigenvalue weighted by atomic mass is 10.0. The number of rotatable bonds is 8. The Morgan fingerprint density at radius 2 is 1.61 bits per heavy atom. The minimum atomic E-state index is -0.251. The Bertz CT molecular complexity index is 1270. The van der Waals surface area contributed by atoms with E-state index in [-0.39, 0.29) is 11.9 Å². The average molecular weight is 487 g/mol. The number of tetrazole rings is 1. The quantitative estimate of drug-likeness (QED) is 0.374. The van der Waals surface area contributed by atoms with Gasteiger partial charge in [0.1, 0.15) is 11.6 Å². The third-order valence-corrected chi connectivity index (χ3v) is 6.80. The molecule has 2 heterocycles. The second kappa shape index (κ2) is 11.0. The molecule has 0 amide bonds. The molecule has 3 aromatic carbocycles. The zero-order valence-corrected chi connectivity index (χ0v) is 20.7. The number of aromatic nitrogens is 4. The molecule has 0 radical (unpaired) electrons. The number of piperazine rings is 1. The molecule has 1 atom stereocenters. The Morgan fingerprint density at radius 3 is 2.33 bits per heavy atom. The number of benzene rings is 3. The van der Waals surface area contributed by atoms with E-state index in [2.05, 4.69) is 68.6 Å². The number of ether oxygens (including phenoxy) is 1. The largest absolute Gasteiger partial charge is 0.496 e. The molecule has 1 aromatic heterocycles. The van der Waals surface area contributed by atoms with Gasteiger partial charge in [-0.3, -0.25) is 9.80 Å². The highest BCUT2D eigenvalue weighted by Crippen LogP contribution is 2.29. The van der Waals surface area contributed by atoms with Crippen LogP contribution in [-0.2, 0) is 13.1 Å². The number of methoxy groups -OCH3 is 1. The highest BCUT2D eigenvalue weighted by Gasteiger charge is 2.30. The van der Waals surface area contributed by atoms with Gasteiger partial charge in [0.05, 0.1) is 19.7 Å². The molecule has 0 saturated carbocycles. The number of aryl methyl sites for hydroxylation is 1. The minimum Gasteiger partial charge on any atom is -0.496 e. The van der Waals surface area contributed by atoms with Crippen LogP contribution in [0.2, 0.25) is 0 Å². The van der Waals surface area contributed by atoms with E-state index in [9.17, 15) is 4.39 Å². The van der Waals surface area contributed by atoms with E-state index < -0.39 is 0 Å². The maximum absolute atomic E-state index is 13.4. The van der Waals surface area contributed by atoms with Crippen molar-refractivity contribution in [1.82, 2.24) is 30.0 Å². The van der Waals surface area contributed by atoms with Gasteiger partial charge in [0, 0.05) is 38.3 Å². The van der Waals surface area contributed by atoms with Gasteiger partial charge >= 0.3 is 0 Å². The van der Waals surface area contributed by atoms with E-state index in [4.69, 9.17) is 4.74 Å². The summed E-state index contributed by atoms with van der Waals surface area (Å²) in [5, 5.41) is 12.8. The van der Waals surface area contributed by atoms with Gasteiger partial charge in [-0.1, -0.05) is 60.2 Å².